The van der Waals surface area contributed by atoms with Crippen LogP contribution in [0.3, 0.4) is 0 Å². The normalized spacial score (nSPS) is 12.6. The van der Waals surface area contributed by atoms with Crippen molar-refractivity contribution in [1.29, 1.82) is 5.26 Å². The van der Waals surface area contributed by atoms with Crippen LogP contribution in [-0.2, 0) is 17.6 Å². The number of thiophene rings is 1. The maximum Gasteiger partial charge on any atom is 0.271 e. The van der Waals surface area contributed by atoms with E-state index in [2.05, 4.69) is 16.4 Å². The molecule has 0 bridgehead atoms. The number of nitriles is 1. The van der Waals surface area contributed by atoms with Gasteiger partial charge in [-0.25, -0.2) is 4.99 Å². The average Bonchev–Trinajstić information content (AvgIpc) is 3.24. The molecule has 3 aromatic rings. The first kappa shape index (κ1) is 23.9. The minimum atomic E-state index is -0.532. The number of aliphatic imine (C=N–C) groups is 1. The van der Waals surface area contributed by atoms with Crippen molar-refractivity contribution in [2.75, 3.05) is 19.0 Å². The van der Waals surface area contributed by atoms with E-state index in [1.54, 1.807) is 41.8 Å². The highest BCUT2D eigenvalue weighted by atomic mass is 32.1. The molecule has 0 unspecified atom stereocenters. The van der Waals surface area contributed by atoms with Gasteiger partial charge < -0.3 is 14.8 Å². The number of hydrogen-bond acceptors (Lipinski definition) is 8. The number of methoxy groups -OCH3 is 1. The number of carbonyl (C=O) groups excluding carboxylic acids is 1. The molecule has 0 saturated heterocycles. The van der Waals surface area contributed by atoms with Crippen LogP contribution < -0.4 is 14.8 Å². The van der Waals surface area contributed by atoms with Gasteiger partial charge in [-0.05, 0) is 61.1 Å². The third-order valence-corrected chi connectivity index (χ3v) is 6.68. The zero-order valence-electron chi connectivity index (χ0n) is 18.9. The predicted octanol–water partition coefficient (Wildman–Crippen LogP) is 5.18. The lowest BCUT2D eigenvalue weighted by atomic mass is 9.96. The number of benzene rings is 2. The molecule has 1 amide bonds. The summed E-state index contributed by atoms with van der Waals surface area (Å²) in [5.74, 6) is 0.315. The molecule has 0 fully saturated rings. The predicted molar refractivity (Wildman–Crippen MR) is 133 cm³/mol. The first-order valence-electron chi connectivity index (χ1n) is 10.9. The number of nitrogens with zero attached hydrogens (tertiary/aromatic N) is 3. The number of non-ortho nitro benzene ring substituents is 1. The van der Waals surface area contributed by atoms with Crippen molar-refractivity contribution in [3.05, 3.63) is 74.1 Å². The fourth-order valence-corrected chi connectivity index (χ4v) is 5.00. The Morgan fingerprint density at radius 1 is 1.26 bits per heavy atom. The Balaban J connectivity index is 1.42. The van der Waals surface area contributed by atoms with Gasteiger partial charge >= 0.3 is 0 Å². The van der Waals surface area contributed by atoms with Crippen molar-refractivity contribution in [3.8, 4) is 17.6 Å². The minimum absolute atomic E-state index is 0.118. The summed E-state index contributed by atoms with van der Waals surface area (Å²) in [6, 6.07) is 13.1. The third-order valence-electron chi connectivity index (χ3n) is 5.48. The smallest absolute Gasteiger partial charge is 0.271 e. The van der Waals surface area contributed by atoms with Gasteiger partial charge in [0.05, 0.1) is 17.6 Å². The number of ether oxygens (including phenoxy) is 2. The summed E-state index contributed by atoms with van der Waals surface area (Å²) >= 11 is 1.58. The summed E-state index contributed by atoms with van der Waals surface area (Å²) < 4.78 is 11.0. The van der Waals surface area contributed by atoms with E-state index in [0.29, 0.717) is 22.7 Å². The highest BCUT2D eigenvalue weighted by Gasteiger charge is 2.20. The van der Waals surface area contributed by atoms with Crippen LogP contribution in [0.15, 0.2) is 47.5 Å². The van der Waals surface area contributed by atoms with Gasteiger partial charge in [0.2, 0.25) is 0 Å². The Bertz CT molecular complexity index is 1340. The number of anilines is 1. The van der Waals surface area contributed by atoms with E-state index < -0.39 is 10.8 Å². The van der Waals surface area contributed by atoms with Crippen molar-refractivity contribution in [2.45, 2.75) is 25.7 Å². The van der Waals surface area contributed by atoms with E-state index >= 15 is 0 Å². The van der Waals surface area contributed by atoms with Gasteiger partial charge in [-0.15, -0.1) is 11.3 Å². The summed E-state index contributed by atoms with van der Waals surface area (Å²) in [4.78, 5) is 28.4. The molecule has 4 rings (SSSR count). The van der Waals surface area contributed by atoms with Crippen LogP contribution in [0.5, 0.6) is 11.5 Å². The number of fused-ring (bicyclic) bond motifs is 1. The molecule has 0 radical (unpaired) electrons. The summed E-state index contributed by atoms with van der Waals surface area (Å²) in [7, 11) is 1.49. The molecule has 0 atom stereocenters. The monoisotopic (exact) mass is 490 g/mol. The van der Waals surface area contributed by atoms with Crippen molar-refractivity contribution >= 4 is 39.8 Å². The van der Waals surface area contributed by atoms with Gasteiger partial charge in [0.15, 0.2) is 18.1 Å². The largest absolute Gasteiger partial charge is 0.493 e. The first-order valence-corrected chi connectivity index (χ1v) is 11.7. The molecule has 1 aromatic heterocycles. The van der Waals surface area contributed by atoms with E-state index in [4.69, 9.17) is 9.47 Å². The number of amides is 1. The summed E-state index contributed by atoms with van der Waals surface area (Å²) in [6.07, 6.45) is 5.85. The second-order valence-corrected chi connectivity index (χ2v) is 8.90. The Labute approximate surface area is 205 Å². The van der Waals surface area contributed by atoms with Crippen LogP contribution in [0.1, 0.15) is 34.4 Å². The highest BCUT2D eigenvalue weighted by molar-refractivity contribution is 7.16. The molecule has 0 spiro atoms. The molecule has 178 valence electrons. The molecule has 35 heavy (non-hydrogen) atoms. The zero-order chi connectivity index (χ0) is 24.8. The van der Waals surface area contributed by atoms with Crippen LogP contribution in [0.4, 0.5) is 16.4 Å². The maximum atomic E-state index is 12.2. The molecule has 1 aliphatic rings. The number of nitro benzene ring substituents is 1. The van der Waals surface area contributed by atoms with E-state index in [-0.39, 0.29) is 12.3 Å². The topological polar surface area (TPSA) is 127 Å². The zero-order valence-corrected chi connectivity index (χ0v) is 19.8. The standard InChI is InChI=1S/C25H22N4O5S/c1-33-22-11-16(14-27-25-20(13-26)19-7-2-3-8-23(19)35-25)9-10-21(22)34-15-24(30)28-17-5-4-6-18(12-17)29(31)32/h4-6,9-12,14H,2-3,7-8,15H2,1H3,(H,28,30). The average molecular weight is 491 g/mol. The Kier molecular flexibility index (Phi) is 7.38. The van der Waals surface area contributed by atoms with Crippen LogP contribution in [0.2, 0.25) is 0 Å². The fourth-order valence-electron chi connectivity index (χ4n) is 3.81. The SMILES string of the molecule is COc1cc(C=Nc2sc3c(c2C#N)CCCC3)ccc1OCC(=O)Nc1cccc([N+](=O)[O-])c1. The lowest BCUT2D eigenvalue weighted by molar-refractivity contribution is -0.384. The minimum Gasteiger partial charge on any atom is -0.493 e. The molecule has 10 heteroatoms. The van der Waals surface area contributed by atoms with Crippen molar-refractivity contribution in [2.24, 2.45) is 4.99 Å². The third kappa shape index (κ3) is 5.65. The van der Waals surface area contributed by atoms with Crippen molar-refractivity contribution in [1.82, 2.24) is 0 Å². The van der Waals surface area contributed by atoms with Crippen molar-refractivity contribution < 1.29 is 19.2 Å². The second-order valence-electron chi connectivity index (χ2n) is 7.82. The molecule has 1 N–H and O–H groups in total. The van der Waals surface area contributed by atoms with E-state index in [9.17, 15) is 20.2 Å². The molecular formula is C25H22N4O5S. The number of carbonyl (C=O) groups is 1. The van der Waals surface area contributed by atoms with Crippen LogP contribution in [0.25, 0.3) is 0 Å². The van der Waals surface area contributed by atoms with Crippen LogP contribution in [-0.4, -0.2) is 30.8 Å². The molecule has 1 aliphatic carbocycles. The van der Waals surface area contributed by atoms with Gasteiger partial charge in [-0.2, -0.15) is 5.26 Å². The Morgan fingerprint density at radius 2 is 2.09 bits per heavy atom. The molecule has 2 aromatic carbocycles. The number of hydrogen-bond donors (Lipinski definition) is 1. The quantitative estimate of drug-likeness (QED) is 0.263. The van der Waals surface area contributed by atoms with Gasteiger partial charge in [0, 0.05) is 28.9 Å². The van der Waals surface area contributed by atoms with Gasteiger partial charge in [-0.1, -0.05) is 6.07 Å². The molecular weight excluding hydrogens is 468 g/mol. The molecule has 0 aliphatic heterocycles. The fraction of sp³-hybridized carbons (Fsp3) is 0.240. The van der Waals surface area contributed by atoms with Crippen molar-refractivity contribution in [3.63, 3.8) is 0 Å². The van der Waals surface area contributed by atoms with Gasteiger partial charge in [0.1, 0.15) is 11.1 Å². The summed E-state index contributed by atoms with van der Waals surface area (Å²) in [5.41, 5.74) is 2.75. The summed E-state index contributed by atoms with van der Waals surface area (Å²) in [5, 5.41) is 23.8. The van der Waals surface area contributed by atoms with Gasteiger partial charge in [0.25, 0.3) is 11.6 Å². The number of aryl methyl sites for hydroxylation is 1. The van der Waals surface area contributed by atoms with E-state index in [1.165, 1.54) is 30.2 Å². The maximum absolute atomic E-state index is 12.2. The molecule has 0 saturated carbocycles. The number of nitro groups is 1. The lowest BCUT2D eigenvalue weighted by Gasteiger charge is -2.11. The highest BCUT2D eigenvalue weighted by Crippen LogP contribution is 2.39. The number of rotatable bonds is 8. The number of nitrogens with one attached hydrogen (secondary N) is 1. The molecule has 1 heterocycles. The van der Waals surface area contributed by atoms with Crippen LogP contribution in [0, 0.1) is 21.4 Å². The molecule has 9 nitrogen and oxygen atoms in total. The Hall–Kier alpha value is -4.23. The first-order chi connectivity index (χ1) is 17.0. The van der Waals surface area contributed by atoms with Gasteiger partial charge in [-0.3, -0.25) is 14.9 Å². The summed E-state index contributed by atoms with van der Waals surface area (Å²) in [6.45, 7) is -0.307. The van der Waals surface area contributed by atoms with Crippen LogP contribution >= 0.6 is 11.3 Å². The Morgan fingerprint density at radius 3 is 2.86 bits per heavy atom. The van der Waals surface area contributed by atoms with E-state index in [1.807, 2.05) is 0 Å². The second kappa shape index (κ2) is 10.8. The lowest BCUT2D eigenvalue weighted by Crippen LogP contribution is -2.20. The van der Waals surface area contributed by atoms with E-state index in [0.717, 1.165) is 41.8 Å².